The molecule has 1 aliphatic carbocycles. The standard InChI is InChI=1S/C64H78N10O13/c1-35(2)53(72-56(78)36(3)66)62(84)74-31-15-22-49(74)60(82)73-54(52(38-16-7-5-8-17-38)39-18-9-6-10-19-39)61(83)69-37(4)57(79)71-48(59(81)70-47(55(67)77)20-11-13-29-65)21-12-14-30-68-58(80)40-23-26-44-43(32-40)63(85)87-64(44)45-27-24-41(75)33-50(45)86-51-34-42(76)25-28-46(51)64/h5,7-9,16-19,23-28,32-37,47-49,52-54,75-76H,6,10-15,20-22,29-31,65-66H2,1-4H3,(H2,67,77)(H,68,80)(H,69,83)(H,70,81)(H,71,79)(H,72,78)(H,73,82)/t36-,37-,47-,48-,49-,52?,53-,54-/m0/s1. The van der Waals surface area contributed by atoms with Gasteiger partial charge in [0.15, 0.2) is 5.60 Å². The Labute approximate surface area is 504 Å². The second-order valence-corrected chi connectivity index (χ2v) is 22.9. The van der Waals surface area contributed by atoms with Crippen molar-refractivity contribution in [3.8, 4) is 23.0 Å². The van der Waals surface area contributed by atoms with Crippen LogP contribution in [0, 0.1) is 5.92 Å². The van der Waals surface area contributed by atoms with Crippen LogP contribution in [0.4, 0.5) is 0 Å². The lowest BCUT2D eigenvalue weighted by atomic mass is 9.77. The minimum atomic E-state index is -1.53. The van der Waals surface area contributed by atoms with Gasteiger partial charge in [0.05, 0.1) is 11.6 Å². The number of benzene rings is 4. The summed E-state index contributed by atoms with van der Waals surface area (Å²) in [6.07, 6.45) is 9.72. The van der Waals surface area contributed by atoms with E-state index >= 15 is 0 Å². The zero-order valence-electron chi connectivity index (χ0n) is 49.3. The molecule has 8 atom stereocenters. The van der Waals surface area contributed by atoms with E-state index < -0.39 is 107 Å². The van der Waals surface area contributed by atoms with E-state index in [2.05, 4.69) is 31.9 Å². The number of likely N-dealkylation sites (tertiary alicyclic amines) is 1. The van der Waals surface area contributed by atoms with Crippen LogP contribution in [0.1, 0.15) is 141 Å². The van der Waals surface area contributed by atoms with E-state index in [1.54, 1.807) is 44.2 Å². The molecule has 4 aromatic carbocycles. The Kier molecular flexibility index (Phi) is 20.9. The summed E-state index contributed by atoms with van der Waals surface area (Å²) < 4.78 is 12.2. The van der Waals surface area contributed by atoms with Crippen LogP contribution in [0.5, 0.6) is 23.0 Å². The van der Waals surface area contributed by atoms with E-state index in [-0.39, 0.29) is 85.2 Å². The fraction of sp³-hybridized carbons (Fsp3) is 0.422. The first-order chi connectivity index (χ1) is 41.6. The van der Waals surface area contributed by atoms with Gasteiger partial charge in [0, 0.05) is 53.4 Å². The van der Waals surface area contributed by atoms with Crippen LogP contribution in [0.15, 0.2) is 109 Å². The number of esters is 1. The Balaban J connectivity index is 0.973. The second-order valence-electron chi connectivity index (χ2n) is 22.9. The van der Waals surface area contributed by atoms with Gasteiger partial charge in [-0.05, 0) is 138 Å². The Morgan fingerprint density at radius 1 is 0.713 bits per heavy atom. The van der Waals surface area contributed by atoms with Crippen molar-refractivity contribution in [3.63, 3.8) is 0 Å². The average Bonchev–Trinajstić information content (AvgIpc) is 1.63. The SMILES string of the molecule is CC(C)[C@H](NC(=O)[C@H](C)N)C(=O)N1CCC[C@H]1C(=O)N[C@H](C(=O)N[C@@H](C)C(=O)N[C@@H](CCCCNC(=O)c1ccc2c(c1)C(=O)OC21c2ccc(O)cc2Oc2cc(O)ccc21)C(=O)N[C@@H](CCCCN)C(N)=O)C(C1=CCCC=C1)c1ccccc1. The molecular weight excluding hydrogens is 1120 g/mol. The Morgan fingerprint density at radius 2 is 1.37 bits per heavy atom. The normalized spacial score (nSPS) is 17.7. The quantitative estimate of drug-likeness (QED) is 0.0316. The molecule has 87 heavy (non-hydrogen) atoms. The van der Waals surface area contributed by atoms with E-state index in [9.17, 15) is 53.4 Å². The van der Waals surface area contributed by atoms with E-state index in [0.717, 1.165) is 12.0 Å². The van der Waals surface area contributed by atoms with Crippen molar-refractivity contribution in [2.24, 2.45) is 23.1 Å². The molecule has 1 fully saturated rings. The van der Waals surface area contributed by atoms with Crippen molar-refractivity contribution < 1.29 is 62.8 Å². The first kappa shape index (κ1) is 63.9. The highest BCUT2D eigenvalue weighted by molar-refractivity contribution is 6.02. The van der Waals surface area contributed by atoms with Gasteiger partial charge >= 0.3 is 5.97 Å². The number of primary amides is 1. The number of allylic oxidation sites excluding steroid dienone is 3. The molecule has 3 heterocycles. The van der Waals surface area contributed by atoms with Gasteiger partial charge < -0.3 is 73.7 Å². The summed E-state index contributed by atoms with van der Waals surface area (Å²) in [6.45, 7) is 7.12. The van der Waals surface area contributed by atoms with Crippen molar-refractivity contribution in [1.29, 1.82) is 0 Å². The number of hydrogen-bond donors (Lipinski definition) is 11. The number of rotatable bonds is 26. The van der Waals surface area contributed by atoms with E-state index in [1.807, 2.05) is 36.4 Å². The lowest BCUT2D eigenvalue weighted by Crippen LogP contribution is -2.60. The summed E-state index contributed by atoms with van der Waals surface area (Å²) in [5.41, 5.74) is 18.6. The van der Waals surface area contributed by atoms with Crippen LogP contribution in [-0.4, -0.2) is 130 Å². The lowest BCUT2D eigenvalue weighted by molar-refractivity contribution is -0.143. The summed E-state index contributed by atoms with van der Waals surface area (Å²) in [5.74, 6) is -6.85. The fourth-order valence-corrected chi connectivity index (χ4v) is 11.5. The van der Waals surface area contributed by atoms with Gasteiger partial charge in [-0.1, -0.05) is 68.5 Å². The average molecular weight is 1200 g/mol. The van der Waals surface area contributed by atoms with Gasteiger partial charge in [0.2, 0.25) is 41.4 Å². The van der Waals surface area contributed by atoms with Crippen molar-refractivity contribution in [2.75, 3.05) is 19.6 Å². The number of nitrogens with one attached hydrogen (secondary N) is 6. The predicted molar refractivity (Wildman–Crippen MR) is 321 cm³/mol. The molecular formula is C64H78N10O13. The second kappa shape index (κ2) is 28.4. The zero-order chi connectivity index (χ0) is 62.7. The van der Waals surface area contributed by atoms with Crippen LogP contribution in [0.25, 0.3) is 0 Å². The number of phenolic OH excluding ortho intramolecular Hbond substituents is 2. The first-order valence-electron chi connectivity index (χ1n) is 29.6. The molecule has 3 aliphatic heterocycles. The van der Waals surface area contributed by atoms with Crippen LogP contribution in [0.2, 0.25) is 0 Å². The van der Waals surface area contributed by atoms with E-state index in [4.69, 9.17) is 26.7 Å². The zero-order valence-corrected chi connectivity index (χ0v) is 49.3. The molecule has 0 aromatic heterocycles. The van der Waals surface area contributed by atoms with Crippen molar-refractivity contribution in [3.05, 3.63) is 142 Å². The third-order valence-electron chi connectivity index (χ3n) is 16.2. The number of amides is 8. The highest BCUT2D eigenvalue weighted by Crippen LogP contribution is 2.57. The molecule has 1 unspecified atom stereocenters. The molecule has 8 amide bonds. The van der Waals surface area contributed by atoms with Gasteiger partial charge in [-0.15, -0.1) is 0 Å². The maximum Gasteiger partial charge on any atom is 0.340 e. The van der Waals surface area contributed by atoms with Crippen LogP contribution in [0.3, 0.4) is 0 Å². The molecule has 462 valence electrons. The number of unbranched alkanes of at least 4 members (excludes halogenated alkanes) is 2. The van der Waals surface area contributed by atoms with Crippen molar-refractivity contribution >= 4 is 53.2 Å². The molecule has 0 radical (unpaired) electrons. The number of phenols is 2. The van der Waals surface area contributed by atoms with Crippen LogP contribution < -0.4 is 53.8 Å². The molecule has 1 spiro atoms. The fourth-order valence-electron chi connectivity index (χ4n) is 11.5. The minimum absolute atomic E-state index is 0.00414. The highest BCUT2D eigenvalue weighted by atomic mass is 16.6. The molecule has 4 aliphatic rings. The topological polar surface area (TPSA) is 366 Å². The first-order valence-corrected chi connectivity index (χ1v) is 29.6. The lowest BCUT2D eigenvalue weighted by Gasteiger charge is -2.36. The molecule has 1 saturated heterocycles. The number of nitrogens with two attached hydrogens (primary N) is 3. The Hall–Kier alpha value is -9.09. The van der Waals surface area contributed by atoms with Crippen LogP contribution in [-0.2, 0) is 43.9 Å². The number of carbonyl (C=O) groups is 9. The van der Waals surface area contributed by atoms with Crippen molar-refractivity contribution in [2.45, 2.75) is 146 Å². The maximum absolute atomic E-state index is 15.0. The molecule has 0 bridgehead atoms. The Bertz CT molecular complexity index is 3280. The summed E-state index contributed by atoms with van der Waals surface area (Å²) >= 11 is 0. The molecule has 23 nitrogen and oxygen atoms in total. The van der Waals surface area contributed by atoms with Gasteiger partial charge in [-0.3, -0.25) is 38.4 Å². The predicted octanol–water partition coefficient (Wildman–Crippen LogP) is 3.68. The number of fused-ring (bicyclic) bond motifs is 6. The van der Waals surface area contributed by atoms with Gasteiger partial charge in [-0.25, -0.2) is 4.79 Å². The molecule has 14 N–H and O–H groups in total. The van der Waals surface area contributed by atoms with Gasteiger partial charge in [0.1, 0.15) is 59.2 Å². The van der Waals surface area contributed by atoms with Gasteiger partial charge in [0.25, 0.3) is 5.91 Å². The highest BCUT2D eigenvalue weighted by Gasteiger charge is 2.54. The summed E-state index contributed by atoms with van der Waals surface area (Å²) in [4.78, 5) is 126. The van der Waals surface area contributed by atoms with Crippen molar-refractivity contribution in [1.82, 2.24) is 36.8 Å². The Morgan fingerprint density at radius 3 is 2.00 bits per heavy atom. The van der Waals surface area contributed by atoms with Crippen LogP contribution >= 0.6 is 0 Å². The van der Waals surface area contributed by atoms with Gasteiger partial charge in [-0.2, -0.15) is 0 Å². The monoisotopic (exact) mass is 1190 g/mol. The summed E-state index contributed by atoms with van der Waals surface area (Å²) in [7, 11) is 0. The largest absolute Gasteiger partial charge is 0.508 e. The summed E-state index contributed by atoms with van der Waals surface area (Å²) in [5, 5.41) is 37.3. The molecule has 0 saturated carbocycles. The smallest absolute Gasteiger partial charge is 0.340 e. The minimum Gasteiger partial charge on any atom is -0.508 e. The third-order valence-corrected chi connectivity index (χ3v) is 16.2. The number of ether oxygens (including phenoxy) is 2. The number of nitrogens with zero attached hydrogens (tertiary/aromatic N) is 1. The molecule has 8 rings (SSSR count). The number of aromatic hydroxyl groups is 2. The van der Waals surface area contributed by atoms with E-state index in [0.29, 0.717) is 54.5 Å². The number of hydrogen-bond acceptors (Lipinski definition) is 15. The summed E-state index contributed by atoms with van der Waals surface area (Å²) in [6, 6.07) is 14.5. The molecule has 4 aromatic rings. The number of carbonyl (C=O) groups excluding carboxylic acids is 9. The molecule has 23 heteroatoms. The van der Waals surface area contributed by atoms with E-state index in [1.165, 1.54) is 55.1 Å². The maximum atomic E-state index is 15.0. The third kappa shape index (κ3) is 14.6.